The Morgan fingerprint density at radius 3 is 2.52 bits per heavy atom. The highest BCUT2D eigenvalue weighted by molar-refractivity contribution is 5.92. The van der Waals surface area contributed by atoms with Gasteiger partial charge in [-0.2, -0.15) is 0 Å². The Labute approximate surface area is 150 Å². The smallest absolute Gasteiger partial charge is 0.237 e. The van der Waals surface area contributed by atoms with Crippen LogP contribution in [0, 0.1) is 5.92 Å². The lowest BCUT2D eigenvalue weighted by atomic mass is 9.95. The molecule has 2 unspecified atom stereocenters. The van der Waals surface area contributed by atoms with Crippen LogP contribution in [0.3, 0.4) is 0 Å². The maximum absolute atomic E-state index is 12.5. The summed E-state index contributed by atoms with van der Waals surface area (Å²) in [6.45, 7) is 3.49. The van der Waals surface area contributed by atoms with Crippen molar-refractivity contribution in [2.75, 3.05) is 18.4 Å². The van der Waals surface area contributed by atoms with Crippen LogP contribution in [-0.2, 0) is 9.59 Å². The highest BCUT2D eigenvalue weighted by Gasteiger charge is 2.31. The van der Waals surface area contributed by atoms with Crippen molar-refractivity contribution < 1.29 is 9.59 Å². The fraction of sp³-hybridized carbons (Fsp3) is 0.600. The minimum atomic E-state index is -0.173. The molecule has 2 aliphatic rings. The molecule has 2 amide bonds. The SMILES string of the molecule is CC(C(=O)NC1CCCC1)N1CCCC(C(=O)Nc2ccccc2)C1. The molecule has 5 nitrogen and oxygen atoms in total. The van der Waals surface area contributed by atoms with Crippen molar-refractivity contribution in [2.24, 2.45) is 5.92 Å². The summed E-state index contributed by atoms with van der Waals surface area (Å²) < 4.78 is 0. The number of likely N-dealkylation sites (tertiary alicyclic amines) is 1. The van der Waals surface area contributed by atoms with Gasteiger partial charge in [0.25, 0.3) is 0 Å². The Balaban J connectivity index is 1.52. The summed E-state index contributed by atoms with van der Waals surface area (Å²) in [4.78, 5) is 27.2. The van der Waals surface area contributed by atoms with Crippen molar-refractivity contribution in [3.05, 3.63) is 30.3 Å². The summed E-state index contributed by atoms with van der Waals surface area (Å²) in [5.41, 5.74) is 0.830. The van der Waals surface area contributed by atoms with Crippen molar-refractivity contribution in [2.45, 2.75) is 57.5 Å². The fourth-order valence-corrected chi connectivity index (χ4v) is 3.90. The van der Waals surface area contributed by atoms with Crippen molar-refractivity contribution >= 4 is 17.5 Å². The lowest BCUT2D eigenvalue weighted by Gasteiger charge is -2.35. The number of para-hydroxylation sites is 1. The van der Waals surface area contributed by atoms with Gasteiger partial charge in [0.1, 0.15) is 0 Å². The summed E-state index contributed by atoms with van der Waals surface area (Å²) in [6, 6.07) is 9.73. The van der Waals surface area contributed by atoms with Gasteiger partial charge in [-0.15, -0.1) is 0 Å². The maximum atomic E-state index is 12.5. The molecular formula is C20H29N3O2. The normalized spacial score (nSPS) is 23.2. The number of nitrogens with one attached hydrogen (secondary N) is 2. The number of piperidine rings is 1. The first-order valence-electron chi connectivity index (χ1n) is 9.54. The van der Waals surface area contributed by atoms with Crippen LogP contribution in [-0.4, -0.2) is 41.9 Å². The van der Waals surface area contributed by atoms with Crippen molar-refractivity contribution in [1.29, 1.82) is 0 Å². The quantitative estimate of drug-likeness (QED) is 0.864. The van der Waals surface area contributed by atoms with E-state index in [2.05, 4.69) is 15.5 Å². The summed E-state index contributed by atoms with van der Waals surface area (Å²) in [7, 11) is 0. The van der Waals surface area contributed by atoms with Gasteiger partial charge in [-0.3, -0.25) is 14.5 Å². The fourth-order valence-electron chi connectivity index (χ4n) is 3.90. The van der Waals surface area contributed by atoms with Crippen LogP contribution in [0.1, 0.15) is 45.4 Å². The maximum Gasteiger partial charge on any atom is 0.237 e. The molecule has 2 N–H and O–H groups in total. The number of benzene rings is 1. The zero-order valence-corrected chi connectivity index (χ0v) is 15.0. The van der Waals surface area contributed by atoms with E-state index >= 15 is 0 Å². The standard InChI is InChI=1S/C20H29N3O2/c1-15(19(24)21-17-11-5-6-12-17)23-13-7-8-16(14-23)20(25)22-18-9-3-2-4-10-18/h2-4,9-10,15-17H,5-8,11-14H2,1H3,(H,21,24)(H,22,25). The van der Waals surface area contributed by atoms with Crippen LogP contribution < -0.4 is 10.6 Å². The third-order valence-corrected chi connectivity index (χ3v) is 5.49. The Kier molecular flexibility index (Phi) is 6.08. The molecule has 0 aromatic heterocycles. The lowest BCUT2D eigenvalue weighted by molar-refractivity contribution is -0.129. The van der Waals surface area contributed by atoms with Crippen LogP contribution in [0.5, 0.6) is 0 Å². The number of hydrogen-bond donors (Lipinski definition) is 2. The Hall–Kier alpha value is -1.88. The van der Waals surface area contributed by atoms with Gasteiger partial charge in [0, 0.05) is 18.3 Å². The number of carbonyl (C=O) groups is 2. The zero-order valence-electron chi connectivity index (χ0n) is 15.0. The van der Waals surface area contributed by atoms with Crippen LogP contribution in [0.25, 0.3) is 0 Å². The van der Waals surface area contributed by atoms with Gasteiger partial charge in [0.05, 0.1) is 12.0 Å². The lowest BCUT2D eigenvalue weighted by Crippen LogP contribution is -2.52. The van der Waals surface area contributed by atoms with Crippen LogP contribution >= 0.6 is 0 Å². The molecule has 1 heterocycles. The van der Waals surface area contributed by atoms with Crippen molar-refractivity contribution in [3.8, 4) is 0 Å². The summed E-state index contributed by atoms with van der Waals surface area (Å²) >= 11 is 0. The van der Waals surface area contributed by atoms with Crippen molar-refractivity contribution in [1.82, 2.24) is 10.2 Å². The van der Waals surface area contributed by atoms with Gasteiger partial charge >= 0.3 is 0 Å². The van der Waals surface area contributed by atoms with E-state index in [1.165, 1.54) is 12.8 Å². The van der Waals surface area contributed by atoms with Gasteiger partial charge in [-0.05, 0) is 51.3 Å². The summed E-state index contributed by atoms with van der Waals surface area (Å²) in [5.74, 6) is 0.103. The van der Waals surface area contributed by atoms with Gasteiger partial charge in [-0.1, -0.05) is 31.0 Å². The van der Waals surface area contributed by atoms with E-state index in [0.29, 0.717) is 12.6 Å². The molecule has 1 saturated carbocycles. The Morgan fingerprint density at radius 2 is 1.80 bits per heavy atom. The van der Waals surface area contributed by atoms with Gasteiger partial charge in [-0.25, -0.2) is 0 Å². The number of rotatable bonds is 5. The zero-order chi connectivity index (χ0) is 17.6. The molecule has 136 valence electrons. The first-order chi connectivity index (χ1) is 12.1. The van der Waals surface area contributed by atoms with E-state index in [-0.39, 0.29) is 23.8 Å². The van der Waals surface area contributed by atoms with Crippen molar-refractivity contribution in [3.63, 3.8) is 0 Å². The highest BCUT2D eigenvalue weighted by atomic mass is 16.2. The highest BCUT2D eigenvalue weighted by Crippen LogP contribution is 2.22. The van der Waals surface area contributed by atoms with E-state index in [1.54, 1.807) is 0 Å². The number of amides is 2. The van der Waals surface area contributed by atoms with E-state index in [9.17, 15) is 9.59 Å². The van der Waals surface area contributed by atoms with Crippen LogP contribution in [0.15, 0.2) is 30.3 Å². The molecule has 2 fully saturated rings. The van der Waals surface area contributed by atoms with Gasteiger partial charge < -0.3 is 10.6 Å². The predicted octanol–water partition coefficient (Wildman–Crippen LogP) is 2.78. The molecule has 1 saturated heterocycles. The number of anilines is 1. The second-order valence-electron chi connectivity index (χ2n) is 7.36. The molecule has 0 radical (unpaired) electrons. The third kappa shape index (κ3) is 4.82. The number of nitrogens with zero attached hydrogens (tertiary/aromatic N) is 1. The Bertz CT molecular complexity index is 584. The first kappa shape index (κ1) is 17.9. The van der Waals surface area contributed by atoms with Gasteiger partial charge in [0.15, 0.2) is 0 Å². The minimum absolute atomic E-state index is 0.0549. The molecule has 0 spiro atoms. The molecule has 2 atom stereocenters. The molecule has 0 bridgehead atoms. The van der Waals surface area contributed by atoms with E-state index in [1.807, 2.05) is 37.3 Å². The van der Waals surface area contributed by atoms with E-state index < -0.39 is 0 Å². The average molecular weight is 343 g/mol. The molecule has 5 heteroatoms. The third-order valence-electron chi connectivity index (χ3n) is 5.49. The number of carbonyl (C=O) groups excluding carboxylic acids is 2. The topological polar surface area (TPSA) is 61.4 Å². The monoisotopic (exact) mass is 343 g/mol. The molecule has 1 aliphatic carbocycles. The molecule has 1 aromatic rings. The molecule has 3 rings (SSSR count). The Morgan fingerprint density at radius 1 is 1.08 bits per heavy atom. The van der Waals surface area contributed by atoms with E-state index in [4.69, 9.17) is 0 Å². The van der Waals surface area contributed by atoms with E-state index in [0.717, 1.165) is 37.9 Å². The van der Waals surface area contributed by atoms with Crippen LogP contribution in [0.2, 0.25) is 0 Å². The van der Waals surface area contributed by atoms with Gasteiger partial charge in [0.2, 0.25) is 11.8 Å². The second-order valence-corrected chi connectivity index (χ2v) is 7.36. The summed E-state index contributed by atoms with van der Waals surface area (Å²) in [5, 5.41) is 6.17. The number of hydrogen-bond acceptors (Lipinski definition) is 3. The molecular weight excluding hydrogens is 314 g/mol. The molecule has 1 aromatic carbocycles. The largest absolute Gasteiger partial charge is 0.352 e. The predicted molar refractivity (Wildman–Crippen MR) is 99.2 cm³/mol. The minimum Gasteiger partial charge on any atom is -0.352 e. The first-order valence-corrected chi connectivity index (χ1v) is 9.54. The summed E-state index contributed by atoms with van der Waals surface area (Å²) in [6.07, 6.45) is 6.46. The molecule has 25 heavy (non-hydrogen) atoms. The molecule has 1 aliphatic heterocycles. The second kappa shape index (κ2) is 8.48. The average Bonchev–Trinajstić information content (AvgIpc) is 3.15. The van der Waals surface area contributed by atoms with Crippen LogP contribution in [0.4, 0.5) is 5.69 Å².